The molecule has 144 valence electrons. The van der Waals surface area contributed by atoms with Gasteiger partial charge in [-0.15, -0.1) is 0 Å². The van der Waals surface area contributed by atoms with Crippen LogP contribution in [0.3, 0.4) is 0 Å². The normalized spacial score (nSPS) is 11.9. The van der Waals surface area contributed by atoms with Crippen molar-refractivity contribution in [2.45, 2.75) is 13.0 Å². The maximum absolute atomic E-state index is 14.4. The van der Waals surface area contributed by atoms with Crippen LogP contribution < -0.4 is 4.74 Å². The van der Waals surface area contributed by atoms with Crippen molar-refractivity contribution in [3.8, 4) is 28.1 Å². The van der Waals surface area contributed by atoms with Gasteiger partial charge in [0.15, 0.2) is 11.6 Å². The molecule has 0 aliphatic carbocycles. The van der Waals surface area contributed by atoms with Crippen molar-refractivity contribution < 1.29 is 23.0 Å². The quantitative estimate of drug-likeness (QED) is 0.574. The Morgan fingerprint density at radius 2 is 1.82 bits per heavy atom. The average Bonchev–Trinajstić information content (AvgIpc) is 2.69. The predicted molar refractivity (Wildman–Crippen MR) is 101 cm³/mol. The minimum Gasteiger partial charge on any atom is -0.486 e. The molecule has 1 heterocycles. The average molecular weight is 385 g/mol. The van der Waals surface area contributed by atoms with E-state index in [2.05, 4.69) is 11.6 Å². The lowest BCUT2D eigenvalue weighted by molar-refractivity contribution is 0.194. The highest BCUT2D eigenvalue weighted by atomic mass is 19.2. The topological polar surface area (TPSA) is 42.4 Å². The Bertz CT molecular complexity index is 1000. The number of pyridine rings is 1. The van der Waals surface area contributed by atoms with Gasteiger partial charge in [0.1, 0.15) is 12.4 Å². The van der Waals surface area contributed by atoms with E-state index >= 15 is 0 Å². The zero-order valence-electron chi connectivity index (χ0n) is 15.1. The third-order valence-electron chi connectivity index (χ3n) is 4.22. The van der Waals surface area contributed by atoms with E-state index in [4.69, 9.17) is 4.74 Å². The van der Waals surface area contributed by atoms with Crippen LogP contribution in [0.2, 0.25) is 0 Å². The molecule has 1 N–H and O–H groups in total. The molecule has 0 bridgehead atoms. The standard InChI is InChI=1S/C22H18F3NO2/c1-3-10-28-20-9-7-17(21(24)22(20)25)15-5-8-19(26-12-15)14-4-6-16(13(2)27)18(23)11-14/h3-9,11-13,27H,1,10H2,2H3. The number of rotatable bonds is 6. The molecule has 3 aromatic rings. The number of hydrogen-bond acceptors (Lipinski definition) is 3. The summed E-state index contributed by atoms with van der Waals surface area (Å²) in [6.07, 6.45) is 1.91. The summed E-state index contributed by atoms with van der Waals surface area (Å²) in [5.74, 6) is -2.86. The van der Waals surface area contributed by atoms with E-state index in [0.717, 1.165) is 0 Å². The van der Waals surface area contributed by atoms with Gasteiger partial charge in [0.05, 0.1) is 11.8 Å². The SMILES string of the molecule is C=CCOc1ccc(-c2ccc(-c3ccc(C(C)O)c(F)c3)nc2)c(F)c1F. The predicted octanol–water partition coefficient (Wildman–Crippen LogP) is 5.45. The fourth-order valence-corrected chi connectivity index (χ4v) is 2.76. The molecule has 1 atom stereocenters. The molecule has 1 aromatic heterocycles. The minimum atomic E-state index is -1.08. The molecule has 0 fully saturated rings. The van der Waals surface area contributed by atoms with E-state index in [-0.39, 0.29) is 23.5 Å². The maximum atomic E-state index is 14.4. The van der Waals surface area contributed by atoms with Crippen molar-refractivity contribution in [3.63, 3.8) is 0 Å². The monoisotopic (exact) mass is 385 g/mol. The van der Waals surface area contributed by atoms with Crippen LogP contribution in [0.15, 0.2) is 61.3 Å². The summed E-state index contributed by atoms with van der Waals surface area (Å²) in [6, 6.07) is 10.3. The maximum Gasteiger partial charge on any atom is 0.201 e. The Labute approximate surface area is 160 Å². The number of nitrogens with zero attached hydrogens (tertiary/aromatic N) is 1. The summed E-state index contributed by atoms with van der Waals surface area (Å²) in [5, 5.41) is 9.51. The Balaban J connectivity index is 1.90. The summed E-state index contributed by atoms with van der Waals surface area (Å²) >= 11 is 0. The molecule has 0 saturated heterocycles. The van der Waals surface area contributed by atoms with Crippen LogP contribution in [-0.2, 0) is 0 Å². The number of hydrogen-bond donors (Lipinski definition) is 1. The third kappa shape index (κ3) is 3.92. The highest BCUT2D eigenvalue weighted by Crippen LogP contribution is 2.31. The molecule has 2 aromatic carbocycles. The lowest BCUT2D eigenvalue weighted by atomic mass is 10.0. The number of aromatic nitrogens is 1. The number of benzene rings is 2. The smallest absolute Gasteiger partial charge is 0.201 e. The molecule has 0 aliphatic rings. The van der Waals surface area contributed by atoms with Crippen LogP contribution in [0.5, 0.6) is 5.75 Å². The highest BCUT2D eigenvalue weighted by molar-refractivity contribution is 5.68. The Morgan fingerprint density at radius 1 is 1.07 bits per heavy atom. The molecule has 0 aliphatic heterocycles. The van der Waals surface area contributed by atoms with Crippen LogP contribution in [0.25, 0.3) is 22.4 Å². The number of ether oxygens (including phenoxy) is 1. The Hall–Kier alpha value is -3.12. The van der Waals surface area contributed by atoms with Gasteiger partial charge in [-0.3, -0.25) is 4.98 Å². The zero-order chi connectivity index (χ0) is 20.3. The Morgan fingerprint density at radius 3 is 2.43 bits per heavy atom. The van der Waals surface area contributed by atoms with E-state index in [0.29, 0.717) is 16.8 Å². The van der Waals surface area contributed by atoms with E-state index in [1.54, 1.807) is 18.2 Å². The number of aliphatic hydroxyl groups is 1. The molecule has 0 saturated carbocycles. The van der Waals surface area contributed by atoms with Gasteiger partial charge in [-0.25, -0.2) is 8.78 Å². The summed E-state index contributed by atoms with van der Waals surface area (Å²) in [5.41, 5.74) is 1.58. The second-order valence-electron chi connectivity index (χ2n) is 6.18. The van der Waals surface area contributed by atoms with Crippen LogP contribution in [0.4, 0.5) is 13.2 Å². The van der Waals surface area contributed by atoms with E-state index in [1.165, 1.54) is 43.5 Å². The molecule has 28 heavy (non-hydrogen) atoms. The van der Waals surface area contributed by atoms with Gasteiger partial charge in [0, 0.05) is 28.5 Å². The fourth-order valence-electron chi connectivity index (χ4n) is 2.76. The van der Waals surface area contributed by atoms with Crippen molar-refractivity contribution in [1.82, 2.24) is 4.98 Å². The first kappa shape index (κ1) is 19.6. The van der Waals surface area contributed by atoms with Gasteiger partial charge >= 0.3 is 0 Å². The van der Waals surface area contributed by atoms with E-state index in [1.807, 2.05) is 0 Å². The van der Waals surface area contributed by atoms with Crippen molar-refractivity contribution in [2.24, 2.45) is 0 Å². The van der Waals surface area contributed by atoms with Crippen molar-refractivity contribution >= 4 is 0 Å². The molecule has 3 nitrogen and oxygen atoms in total. The molecule has 3 rings (SSSR count). The summed E-state index contributed by atoms with van der Waals surface area (Å²) in [4.78, 5) is 4.22. The summed E-state index contributed by atoms with van der Waals surface area (Å²) in [6.45, 7) is 5.00. The molecular weight excluding hydrogens is 367 g/mol. The van der Waals surface area contributed by atoms with Gasteiger partial charge in [0.2, 0.25) is 5.82 Å². The van der Waals surface area contributed by atoms with E-state index in [9.17, 15) is 18.3 Å². The number of halogens is 3. The van der Waals surface area contributed by atoms with E-state index < -0.39 is 23.6 Å². The molecule has 0 radical (unpaired) electrons. The van der Waals surface area contributed by atoms with Gasteiger partial charge in [0.25, 0.3) is 0 Å². The van der Waals surface area contributed by atoms with Gasteiger partial charge in [-0.1, -0.05) is 30.9 Å². The molecule has 0 spiro atoms. The second kappa shape index (κ2) is 8.27. The second-order valence-corrected chi connectivity index (χ2v) is 6.18. The molecule has 1 unspecified atom stereocenters. The van der Waals surface area contributed by atoms with Gasteiger partial charge in [-0.05, 0) is 31.2 Å². The molecule has 6 heteroatoms. The van der Waals surface area contributed by atoms with Crippen molar-refractivity contribution in [2.75, 3.05) is 6.61 Å². The van der Waals surface area contributed by atoms with Crippen molar-refractivity contribution in [1.29, 1.82) is 0 Å². The lowest BCUT2D eigenvalue weighted by Gasteiger charge is -2.10. The zero-order valence-corrected chi connectivity index (χ0v) is 15.1. The molecular formula is C22H18F3NO2. The van der Waals surface area contributed by atoms with Crippen molar-refractivity contribution in [3.05, 3.63) is 84.3 Å². The van der Waals surface area contributed by atoms with Crippen LogP contribution in [0, 0.1) is 17.5 Å². The first-order valence-electron chi connectivity index (χ1n) is 8.58. The van der Waals surface area contributed by atoms with Gasteiger partial charge < -0.3 is 9.84 Å². The Kier molecular flexibility index (Phi) is 5.80. The first-order valence-corrected chi connectivity index (χ1v) is 8.58. The minimum absolute atomic E-state index is 0.0399. The van der Waals surface area contributed by atoms with Crippen LogP contribution in [0.1, 0.15) is 18.6 Å². The van der Waals surface area contributed by atoms with Crippen LogP contribution >= 0.6 is 0 Å². The van der Waals surface area contributed by atoms with Crippen LogP contribution in [-0.4, -0.2) is 16.7 Å². The highest BCUT2D eigenvalue weighted by Gasteiger charge is 2.16. The fraction of sp³-hybridized carbons (Fsp3) is 0.136. The number of aliphatic hydroxyl groups excluding tert-OH is 1. The summed E-state index contributed by atoms with van der Waals surface area (Å²) in [7, 11) is 0. The largest absolute Gasteiger partial charge is 0.486 e. The first-order chi connectivity index (χ1) is 13.4. The lowest BCUT2D eigenvalue weighted by Crippen LogP contribution is -1.99. The third-order valence-corrected chi connectivity index (χ3v) is 4.22. The van der Waals surface area contributed by atoms with Gasteiger partial charge in [-0.2, -0.15) is 4.39 Å². The molecule has 0 amide bonds. The summed E-state index contributed by atoms with van der Waals surface area (Å²) < 4.78 is 47.7.